The molecule has 4 aliphatic carbocycles. The van der Waals surface area contributed by atoms with E-state index in [9.17, 15) is 0 Å². The quantitative estimate of drug-likeness (QED) is 0.427. The van der Waals surface area contributed by atoms with Gasteiger partial charge in [0.15, 0.2) is 0 Å². The molecule has 27 heavy (non-hydrogen) atoms. The summed E-state index contributed by atoms with van der Waals surface area (Å²) in [5.41, 5.74) is 1.28. The minimum atomic E-state index is 0.625. The Morgan fingerprint density at radius 2 is 1.63 bits per heavy atom. The van der Waals surface area contributed by atoms with E-state index in [1.165, 1.54) is 57.8 Å². The molecule has 0 aromatic heterocycles. The fraction of sp³-hybridized carbons (Fsp3) is 0.926. The minimum Gasteiger partial charge on any atom is -0.0882 e. The third-order valence-electron chi connectivity index (χ3n) is 10.4. The van der Waals surface area contributed by atoms with Crippen molar-refractivity contribution in [1.29, 1.82) is 0 Å². The molecule has 0 nitrogen and oxygen atoms in total. The SMILES string of the molecule is CC(C)CCC[C@@H](C)[C@H]1CC[C@H]2[C@H]3CC[C@H]4CC=CC[C@]4(C)[C@H]3CC[C@]12C. The molecule has 3 saturated carbocycles. The van der Waals surface area contributed by atoms with Gasteiger partial charge in [-0.2, -0.15) is 0 Å². The molecule has 0 unspecified atom stereocenters. The standard InChI is InChI=1S/C27H46/c1-19(2)9-8-10-20(3)23-14-15-24-22-13-12-21-11-6-7-17-26(21,4)25(22)16-18-27(23,24)5/h6-7,19-25H,8-18H2,1-5H3/t20-,21-,22-,23-,24+,25+,26+,27-/m1/s1. The first kappa shape index (κ1) is 20.0. The Hall–Kier alpha value is -0.260. The molecular weight excluding hydrogens is 324 g/mol. The van der Waals surface area contributed by atoms with Crippen LogP contribution in [0.25, 0.3) is 0 Å². The molecular formula is C27H46. The van der Waals surface area contributed by atoms with Crippen LogP contribution in [0.3, 0.4) is 0 Å². The minimum absolute atomic E-state index is 0.625. The fourth-order valence-electron chi connectivity index (χ4n) is 8.86. The van der Waals surface area contributed by atoms with Gasteiger partial charge in [0.05, 0.1) is 0 Å². The molecule has 0 radical (unpaired) electrons. The highest BCUT2D eigenvalue weighted by Crippen LogP contribution is 2.68. The summed E-state index contributed by atoms with van der Waals surface area (Å²) >= 11 is 0. The molecule has 0 saturated heterocycles. The molecule has 0 aliphatic heterocycles. The van der Waals surface area contributed by atoms with Gasteiger partial charge in [0, 0.05) is 0 Å². The van der Waals surface area contributed by atoms with Gasteiger partial charge in [-0.05, 0) is 104 Å². The Balaban J connectivity index is 1.47. The zero-order chi connectivity index (χ0) is 19.2. The van der Waals surface area contributed by atoms with E-state index < -0.39 is 0 Å². The van der Waals surface area contributed by atoms with Crippen LogP contribution in [0.1, 0.15) is 105 Å². The van der Waals surface area contributed by atoms with Crippen LogP contribution in [-0.4, -0.2) is 0 Å². The van der Waals surface area contributed by atoms with E-state index in [1.54, 1.807) is 12.8 Å². The van der Waals surface area contributed by atoms with E-state index in [2.05, 4.69) is 46.8 Å². The smallest absolute Gasteiger partial charge is 0.0229 e. The zero-order valence-electron chi connectivity index (χ0n) is 19.0. The monoisotopic (exact) mass is 370 g/mol. The zero-order valence-corrected chi connectivity index (χ0v) is 19.0. The van der Waals surface area contributed by atoms with Crippen molar-refractivity contribution in [3.05, 3.63) is 12.2 Å². The van der Waals surface area contributed by atoms with Crippen LogP contribution in [0.2, 0.25) is 0 Å². The predicted octanol–water partition coefficient (Wildman–Crippen LogP) is 8.27. The molecule has 154 valence electrons. The maximum absolute atomic E-state index is 2.74. The van der Waals surface area contributed by atoms with Crippen molar-refractivity contribution < 1.29 is 0 Å². The van der Waals surface area contributed by atoms with E-state index >= 15 is 0 Å². The predicted molar refractivity (Wildman–Crippen MR) is 118 cm³/mol. The van der Waals surface area contributed by atoms with Crippen LogP contribution in [0, 0.1) is 52.3 Å². The first-order valence-electron chi connectivity index (χ1n) is 12.5. The summed E-state index contributed by atoms with van der Waals surface area (Å²) in [5, 5.41) is 0. The van der Waals surface area contributed by atoms with E-state index in [1.807, 2.05) is 0 Å². The molecule has 0 spiro atoms. The summed E-state index contributed by atoms with van der Waals surface area (Å²) in [7, 11) is 0. The van der Waals surface area contributed by atoms with Crippen LogP contribution in [0.5, 0.6) is 0 Å². The normalized spacial score (nSPS) is 47.4. The van der Waals surface area contributed by atoms with Gasteiger partial charge < -0.3 is 0 Å². The molecule has 0 heteroatoms. The average molecular weight is 371 g/mol. The average Bonchev–Trinajstić information content (AvgIpc) is 2.98. The third kappa shape index (κ3) is 3.36. The van der Waals surface area contributed by atoms with Crippen molar-refractivity contribution in [2.24, 2.45) is 52.3 Å². The van der Waals surface area contributed by atoms with Gasteiger partial charge in [-0.25, -0.2) is 0 Å². The Morgan fingerprint density at radius 3 is 2.41 bits per heavy atom. The second kappa shape index (κ2) is 7.53. The molecule has 0 aromatic carbocycles. The van der Waals surface area contributed by atoms with E-state index in [-0.39, 0.29) is 0 Å². The highest BCUT2D eigenvalue weighted by atomic mass is 14.6. The summed E-state index contributed by atoms with van der Waals surface area (Å²) in [6.45, 7) is 12.8. The maximum Gasteiger partial charge on any atom is -0.0229 e. The number of hydrogen-bond donors (Lipinski definition) is 0. The fourth-order valence-corrected chi connectivity index (χ4v) is 8.86. The lowest BCUT2D eigenvalue weighted by molar-refractivity contribution is -0.101. The van der Waals surface area contributed by atoms with Gasteiger partial charge in [-0.15, -0.1) is 0 Å². The van der Waals surface area contributed by atoms with Crippen molar-refractivity contribution in [1.82, 2.24) is 0 Å². The van der Waals surface area contributed by atoms with E-state index in [0.29, 0.717) is 10.8 Å². The van der Waals surface area contributed by atoms with E-state index in [4.69, 9.17) is 0 Å². The topological polar surface area (TPSA) is 0 Å². The van der Waals surface area contributed by atoms with Crippen LogP contribution < -0.4 is 0 Å². The second-order valence-corrected chi connectivity index (χ2v) is 12.1. The summed E-state index contributed by atoms with van der Waals surface area (Å²) < 4.78 is 0. The van der Waals surface area contributed by atoms with Gasteiger partial charge >= 0.3 is 0 Å². The summed E-state index contributed by atoms with van der Waals surface area (Å²) in [6, 6.07) is 0. The highest BCUT2D eigenvalue weighted by molar-refractivity contribution is 5.12. The molecule has 8 atom stereocenters. The maximum atomic E-state index is 2.74. The third-order valence-corrected chi connectivity index (χ3v) is 10.4. The largest absolute Gasteiger partial charge is 0.0882 e. The molecule has 0 bridgehead atoms. The summed E-state index contributed by atoms with van der Waals surface area (Å²) in [6.07, 6.45) is 21.3. The lowest BCUT2D eigenvalue weighted by Gasteiger charge is -2.60. The Labute approximate surface area is 170 Å². The van der Waals surface area contributed by atoms with Crippen molar-refractivity contribution in [2.75, 3.05) is 0 Å². The van der Waals surface area contributed by atoms with Crippen molar-refractivity contribution in [3.63, 3.8) is 0 Å². The second-order valence-electron chi connectivity index (χ2n) is 12.1. The lowest BCUT2D eigenvalue weighted by Crippen LogP contribution is -2.52. The molecule has 0 N–H and O–H groups in total. The molecule has 3 fully saturated rings. The van der Waals surface area contributed by atoms with Gasteiger partial charge in [0.1, 0.15) is 0 Å². The van der Waals surface area contributed by atoms with Gasteiger partial charge in [0.2, 0.25) is 0 Å². The highest BCUT2D eigenvalue weighted by Gasteiger charge is 2.59. The van der Waals surface area contributed by atoms with Crippen LogP contribution >= 0.6 is 0 Å². The van der Waals surface area contributed by atoms with Crippen LogP contribution in [-0.2, 0) is 0 Å². The Kier molecular flexibility index (Phi) is 5.59. The number of rotatable bonds is 5. The van der Waals surface area contributed by atoms with Gasteiger partial charge in [-0.3, -0.25) is 0 Å². The number of hydrogen-bond acceptors (Lipinski definition) is 0. The molecule has 4 aliphatic rings. The van der Waals surface area contributed by atoms with Crippen LogP contribution in [0.4, 0.5) is 0 Å². The summed E-state index contributed by atoms with van der Waals surface area (Å²) in [4.78, 5) is 0. The molecule has 4 rings (SSSR count). The van der Waals surface area contributed by atoms with Crippen molar-refractivity contribution >= 4 is 0 Å². The first-order valence-corrected chi connectivity index (χ1v) is 12.5. The van der Waals surface area contributed by atoms with E-state index in [0.717, 1.165) is 41.4 Å². The molecule has 0 aromatic rings. The van der Waals surface area contributed by atoms with Crippen molar-refractivity contribution in [2.45, 2.75) is 105 Å². The van der Waals surface area contributed by atoms with Gasteiger partial charge in [0.25, 0.3) is 0 Å². The van der Waals surface area contributed by atoms with Gasteiger partial charge in [-0.1, -0.05) is 66.0 Å². The Morgan fingerprint density at radius 1 is 0.852 bits per heavy atom. The first-order chi connectivity index (χ1) is 12.9. The number of fused-ring (bicyclic) bond motifs is 5. The van der Waals surface area contributed by atoms with Crippen molar-refractivity contribution in [3.8, 4) is 0 Å². The number of allylic oxidation sites excluding steroid dienone is 2. The summed E-state index contributed by atoms with van der Waals surface area (Å²) in [5.74, 6) is 6.92. The molecule has 0 amide bonds. The van der Waals surface area contributed by atoms with Crippen LogP contribution in [0.15, 0.2) is 12.2 Å². The Bertz CT molecular complexity index is 544. The lowest BCUT2D eigenvalue weighted by atomic mass is 9.45. The molecule has 0 heterocycles.